The standard InChI is InChI=1S/C15H24N4O/c1-12(2)14(16)15(20)19-9-7-18(8-10-19)11-13-5-3-4-6-17-13/h3-6,12,14H,7-11,16H2,1-2H3/t14-/m1/s1. The van der Waals surface area contributed by atoms with E-state index in [4.69, 9.17) is 5.73 Å². The van der Waals surface area contributed by atoms with Crippen molar-refractivity contribution in [3.63, 3.8) is 0 Å². The number of hydrogen-bond acceptors (Lipinski definition) is 4. The van der Waals surface area contributed by atoms with Crippen LogP contribution < -0.4 is 5.73 Å². The Kier molecular flexibility index (Phi) is 5.09. The van der Waals surface area contributed by atoms with Crippen LogP contribution in [0.15, 0.2) is 24.4 Å². The van der Waals surface area contributed by atoms with Crippen LogP contribution in [0.5, 0.6) is 0 Å². The molecule has 0 saturated carbocycles. The van der Waals surface area contributed by atoms with Gasteiger partial charge in [-0.25, -0.2) is 0 Å². The van der Waals surface area contributed by atoms with Gasteiger partial charge in [-0.2, -0.15) is 0 Å². The van der Waals surface area contributed by atoms with Crippen LogP contribution in [0.1, 0.15) is 19.5 Å². The molecule has 1 fully saturated rings. The molecule has 1 aliphatic heterocycles. The molecule has 1 aromatic rings. The summed E-state index contributed by atoms with van der Waals surface area (Å²) in [6.07, 6.45) is 1.82. The number of piperazine rings is 1. The maximum Gasteiger partial charge on any atom is 0.239 e. The number of carbonyl (C=O) groups is 1. The van der Waals surface area contributed by atoms with Gasteiger partial charge in [0.2, 0.25) is 5.91 Å². The first-order chi connectivity index (χ1) is 9.58. The fourth-order valence-corrected chi connectivity index (χ4v) is 2.34. The lowest BCUT2D eigenvalue weighted by molar-refractivity contribution is -0.135. The number of aromatic nitrogens is 1. The van der Waals surface area contributed by atoms with Crippen LogP contribution in [-0.2, 0) is 11.3 Å². The molecule has 0 radical (unpaired) electrons. The van der Waals surface area contributed by atoms with Crippen LogP contribution in [0.3, 0.4) is 0 Å². The highest BCUT2D eigenvalue weighted by Gasteiger charge is 2.26. The molecule has 1 aromatic heterocycles. The van der Waals surface area contributed by atoms with Crippen LogP contribution in [-0.4, -0.2) is 52.9 Å². The Labute approximate surface area is 120 Å². The molecule has 1 saturated heterocycles. The SMILES string of the molecule is CC(C)[C@@H](N)C(=O)N1CCN(Cc2ccccn2)CC1. The van der Waals surface area contributed by atoms with Crippen molar-refractivity contribution in [3.05, 3.63) is 30.1 Å². The molecular formula is C15H24N4O. The van der Waals surface area contributed by atoms with Gasteiger partial charge in [-0.1, -0.05) is 19.9 Å². The molecule has 0 bridgehead atoms. The van der Waals surface area contributed by atoms with Gasteiger partial charge in [-0.05, 0) is 18.1 Å². The Morgan fingerprint density at radius 3 is 2.55 bits per heavy atom. The summed E-state index contributed by atoms with van der Waals surface area (Å²) in [7, 11) is 0. The van der Waals surface area contributed by atoms with E-state index >= 15 is 0 Å². The van der Waals surface area contributed by atoms with E-state index in [1.807, 2.05) is 43.1 Å². The molecule has 2 N–H and O–H groups in total. The zero-order chi connectivity index (χ0) is 14.5. The van der Waals surface area contributed by atoms with Gasteiger partial charge >= 0.3 is 0 Å². The first-order valence-corrected chi connectivity index (χ1v) is 7.24. The second kappa shape index (κ2) is 6.81. The maximum atomic E-state index is 12.2. The van der Waals surface area contributed by atoms with Crippen molar-refractivity contribution in [2.75, 3.05) is 26.2 Å². The van der Waals surface area contributed by atoms with Crippen molar-refractivity contribution in [2.45, 2.75) is 26.4 Å². The third kappa shape index (κ3) is 3.77. The molecular weight excluding hydrogens is 252 g/mol. The molecule has 110 valence electrons. The van der Waals surface area contributed by atoms with Crippen LogP contribution in [0.25, 0.3) is 0 Å². The zero-order valence-corrected chi connectivity index (χ0v) is 12.3. The Hall–Kier alpha value is -1.46. The predicted octanol–water partition coefficient (Wildman–Crippen LogP) is 0.709. The van der Waals surface area contributed by atoms with Crippen molar-refractivity contribution >= 4 is 5.91 Å². The van der Waals surface area contributed by atoms with E-state index < -0.39 is 0 Å². The fraction of sp³-hybridized carbons (Fsp3) is 0.600. The second-order valence-electron chi connectivity index (χ2n) is 5.69. The van der Waals surface area contributed by atoms with E-state index in [1.165, 1.54) is 0 Å². The van der Waals surface area contributed by atoms with E-state index in [0.29, 0.717) is 0 Å². The van der Waals surface area contributed by atoms with Crippen LogP contribution in [0, 0.1) is 5.92 Å². The number of nitrogens with two attached hydrogens (primary N) is 1. The van der Waals surface area contributed by atoms with Gasteiger partial charge < -0.3 is 10.6 Å². The molecule has 5 nitrogen and oxygen atoms in total. The second-order valence-corrected chi connectivity index (χ2v) is 5.69. The monoisotopic (exact) mass is 276 g/mol. The van der Waals surface area contributed by atoms with Crippen molar-refractivity contribution in [1.82, 2.24) is 14.8 Å². The van der Waals surface area contributed by atoms with Crippen molar-refractivity contribution < 1.29 is 4.79 Å². The van der Waals surface area contributed by atoms with Gasteiger partial charge in [-0.15, -0.1) is 0 Å². The summed E-state index contributed by atoms with van der Waals surface area (Å²) in [5, 5.41) is 0. The van der Waals surface area contributed by atoms with E-state index in [2.05, 4.69) is 9.88 Å². The summed E-state index contributed by atoms with van der Waals surface area (Å²) in [5.41, 5.74) is 7.01. The minimum atomic E-state index is -0.377. The molecule has 2 rings (SSSR count). The average molecular weight is 276 g/mol. The van der Waals surface area contributed by atoms with Gasteiger partial charge in [0.25, 0.3) is 0 Å². The molecule has 20 heavy (non-hydrogen) atoms. The fourth-order valence-electron chi connectivity index (χ4n) is 2.34. The largest absolute Gasteiger partial charge is 0.339 e. The van der Waals surface area contributed by atoms with Gasteiger partial charge in [0.1, 0.15) is 0 Å². The number of amides is 1. The highest BCUT2D eigenvalue weighted by molar-refractivity contribution is 5.82. The molecule has 0 aliphatic carbocycles. The Bertz CT molecular complexity index is 427. The third-order valence-corrected chi connectivity index (χ3v) is 3.80. The number of rotatable bonds is 4. The Morgan fingerprint density at radius 1 is 1.30 bits per heavy atom. The smallest absolute Gasteiger partial charge is 0.239 e. The highest BCUT2D eigenvalue weighted by atomic mass is 16.2. The van der Waals surface area contributed by atoms with Crippen molar-refractivity contribution in [3.8, 4) is 0 Å². The van der Waals surface area contributed by atoms with E-state index in [0.717, 1.165) is 38.4 Å². The summed E-state index contributed by atoms with van der Waals surface area (Å²) in [4.78, 5) is 20.7. The molecule has 1 amide bonds. The normalized spacial score (nSPS) is 18.3. The topological polar surface area (TPSA) is 62.5 Å². The van der Waals surface area contributed by atoms with Crippen molar-refractivity contribution in [1.29, 1.82) is 0 Å². The Balaban J connectivity index is 1.82. The van der Waals surface area contributed by atoms with Crippen molar-refractivity contribution in [2.24, 2.45) is 11.7 Å². The number of hydrogen-bond donors (Lipinski definition) is 1. The van der Waals surface area contributed by atoms with E-state index in [9.17, 15) is 4.79 Å². The minimum Gasteiger partial charge on any atom is -0.339 e. The lowest BCUT2D eigenvalue weighted by Gasteiger charge is -2.36. The molecule has 0 unspecified atom stereocenters. The molecule has 2 heterocycles. The molecule has 0 aromatic carbocycles. The van der Waals surface area contributed by atoms with Crippen LogP contribution in [0.4, 0.5) is 0 Å². The van der Waals surface area contributed by atoms with E-state index in [-0.39, 0.29) is 17.9 Å². The zero-order valence-electron chi connectivity index (χ0n) is 12.3. The number of pyridine rings is 1. The summed E-state index contributed by atoms with van der Waals surface area (Å²) in [5.74, 6) is 0.270. The third-order valence-electron chi connectivity index (χ3n) is 3.80. The lowest BCUT2D eigenvalue weighted by Crippen LogP contribution is -2.54. The number of nitrogens with zero attached hydrogens (tertiary/aromatic N) is 3. The first-order valence-electron chi connectivity index (χ1n) is 7.24. The highest BCUT2D eigenvalue weighted by Crippen LogP contribution is 2.09. The van der Waals surface area contributed by atoms with Gasteiger partial charge in [0.05, 0.1) is 11.7 Å². The maximum absolute atomic E-state index is 12.2. The molecule has 0 spiro atoms. The summed E-state index contributed by atoms with van der Waals surface area (Å²) >= 11 is 0. The van der Waals surface area contributed by atoms with Gasteiger partial charge in [0.15, 0.2) is 0 Å². The van der Waals surface area contributed by atoms with Gasteiger partial charge in [-0.3, -0.25) is 14.7 Å². The first kappa shape index (κ1) is 14.9. The molecule has 1 atom stereocenters. The van der Waals surface area contributed by atoms with Crippen LogP contribution in [0.2, 0.25) is 0 Å². The predicted molar refractivity (Wildman–Crippen MR) is 78.9 cm³/mol. The summed E-state index contributed by atoms with van der Waals surface area (Å²) in [6, 6.07) is 5.58. The van der Waals surface area contributed by atoms with Crippen LogP contribution >= 0.6 is 0 Å². The Morgan fingerprint density at radius 2 is 2.00 bits per heavy atom. The van der Waals surface area contributed by atoms with E-state index in [1.54, 1.807) is 0 Å². The average Bonchev–Trinajstić information content (AvgIpc) is 2.47. The summed E-state index contributed by atoms with van der Waals surface area (Å²) in [6.45, 7) is 8.09. The number of carbonyl (C=O) groups excluding carboxylic acids is 1. The quantitative estimate of drug-likeness (QED) is 0.880. The van der Waals surface area contributed by atoms with Gasteiger partial charge in [0, 0.05) is 38.9 Å². The summed E-state index contributed by atoms with van der Waals surface area (Å²) < 4.78 is 0. The minimum absolute atomic E-state index is 0.0810. The lowest BCUT2D eigenvalue weighted by atomic mass is 10.0. The molecule has 5 heteroatoms. The molecule has 1 aliphatic rings.